The summed E-state index contributed by atoms with van der Waals surface area (Å²) in [6.07, 6.45) is 0. The molecule has 0 aliphatic rings. The van der Waals surface area contributed by atoms with E-state index < -0.39 is 16.6 Å². The smallest absolute Gasteiger partial charge is 0.387 e. The second-order valence-electron chi connectivity index (χ2n) is 3.39. The molecule has 2 aromatic rings. The van der Waals surface area contributed by atoms with Gasteiger partial charge in [0.2, 0.25) is 5.13 Å². The number of para-hydroxylation sites is 2. The Morgan fingerprint density at radius 3 is 2.60 bits per heavy atom. The third-order valence-electron chi connectivity index (χ3n) is 2.00. The number of hydrogen-bond donors (Lipinski definition) is 2. The molecule has 0 aliphatic carbocycles. The molecule has 11 heteroatoms. The first-order valence-corrected chi connectivity index (χ1v) is 7.34. The second kappa shape index (κ2) is 5.54. The van der Waals surface area contributed by atoms with Gasteiger partial charge in [-0.05, 0) is 12.1 Å². The molecule has 0 spiro atoms. The van der Waals surface area contributed by atoms with E-state index in [1.807, 2.05) is 0 Å². The fraction of sp³-hybridized carbons (Fsp3) is 0.111. The van der Waals surface area contributed by atoms with E-state index in [0.717, 1.165) is 0 Å². The number of ether oxygens (including phenoxy) is 1. The summed E-state index contributed by atoms with van der Waals surface area (Å²) >= 11 is 0.650. The van der Waals surface area contributed by atoms with Gasteiger partial charge >= 0.3 is 6.61 Å². The highest BCUT2D eigenvalue weighted by atomic mass is 32.2. The molecular weight excluding hydrogens is 314 g/mol. The zero-order chi connectivity index (χ0) is 14.8. The summed E-state index contributed by atoms with van der Waals surface area (Å²) < 4.78 is 54.3. The molecule has 0 fully saturated rings. The van der Waals surface area contributed by atoms with E-state index in [1.54, 1.807) is 0 Å². The Balaban J connectivity index is 2.30. The van der Waals surface area contributed by atoms with Crippen molar-refractivity contribution in [2.75, 3.05) is 10.5 Å². The van der Waals surface area contributed by atoms with Crippen molar-refractivity contribution < 1.29 is 21.9 Å². The van der Waals surface area contributed by atoms with Crippen molar-refractivity contribution in [1.82, 2.24) is 10.2 Å². The summed E-state index contributed by atoms with van der Waals surface area (Å²) in [5.41, 5.74) is 5.16. The highest BCUT2D eigenvalue weighted by Gasteiger charge is 2.21. The lowest BCUT2D eigenvalue weighted by Crippen LogP contribution is -2.14. The van der Waals surface area contributed by atoms with Crippen LogP contribution < -0.4 is 15.2 Å². The number of nitrogens with one attached hydrogen (secondary N) is 1. The molecule has 0 unspecified atom stereocenters. The highest BCUT2D eigenvalue weighted by Crippen LogP contribution is 2.28. The molecule has 0 aliphatic heterocycles. The van der Waals surface area contributed by atoms with Crippen LogP contribution >= 0.6 is 11.3 Å². The maximum absolute atomic E-state index is 12.2. The molecule has 2 rings (SSSR count). The number of alkyl halides is 2. The lowest BCUT2D eigenvalue weighted by Gasteiger charge is -2.11. The average Bonchev–Trinajstić information content (AvgIpc) is 2.78. The summed E-state index contributed by atoms with van der Waals surface area (Å²) in [7, 11) is -4.06. The Morgan fingerprint density at radius 1 is 1.30 bits per heavy atom. The van der Waals surface area contributed by atoms with Crippen molar-refractivity contribution in [3.8, 4) is 5.75 Å². The van der Waals surface area contributed by atoms with E-state index in [2.05, 4.69) is 19.7 Å². The molecule has 7 nitrogen and oxygen atoms in total. The highest BCUT2D eigenvalue weighted by molar-refractivity contribution is 7.94. The maximum Gasteiger partial charge on any atom is 0.387 e. The zero-order valence-electron chi connectivity index (χ0n) is 9.66. The van der Waals surface area contributed by atoms with Crippen LogP contribution in [0.15, 0.2) is 28.6 Å². The van der Waals surface area contributed by atoms with Gasteiger partial charge in [-0.3, -0.25) is 4.72 Å². The van der Waals surface area contributed by atoms with Crippen LogP contribution in [0, 0.1) is 0 Å². The Hall–Kier alpha value is -2.01. The zero-order valence-corrected chi connectivity index (χ0v) is 11.3. The van der Waals surface area contributed by atoms with E-state index in [-0.39, 0.29) is 20.9 Å². The Kier molecular flexibility index (Phi) is 3.99. The van der Waals surface area contributed by atoms with E-state index in [9.17, 15) is 17.2 Å². The van der Waals surface area contributed by atoms with Crippen molar-refractivity contribution in [3.63, 3.8) is 0 Å². The number of nitrogens with two attached hydrogens (primary N) is 1. The Morgan fingerprint density at radius 2 is 2.00 bits per heavy atom. The number of anilines is 2. The SMILES string of the molecule is Nc1nnc(S(=O)(=O)Nc2ccccc2OC(F)F)s1. The first-order chi connectivity index (χ1) is 9.38. The number of nitrogens with zero attached hydrogens (tertiary/aromatic N) is 2. The molecule has 1 aromatic carbocycles. The fourth-order valence-corrected chi connectivity index (χ4v) is 3.12. The van der Waals surface area contributed by atoms with Crippen LogP contribution in [0.25, 0.3) is 0 Å². The van der Waals surface area contributed by atoms with Crippen LogP contribution in [0.2, 0.25) is 0 Å². The first kappa shape index (κ1) is 14.4. The van der Waals surface area contributed by atoms with Crippen molar-refractivity contribution in [1.29, 1.82) is 0 Å². The van der Waals surface area contributed by atoms with Gasteiger partial charge in [-0.15, -0.1) is 10.2 Å². The number of rotatable bonds is 5. The number of hydrogen-bond acceptors (Lipinski definition) is 7. The molecule has 0 saturated heterocycles. The predicted octanol–water partition coefficient (Wildman–Crippen LogP) is 1.52. The number of benzene rings is 1. The van der Waals surface area contributed by atoms with Gasteiger partial charge in [-0.1, -0.05) is 23.5 Å². The predicted molar refractivity (Wildman–Crippen MR) is 68.2 cm³/mol. The standard InChI is InChI=1S/C9H8F2N4O3S2/c10-7(11)18-6-4-2-1-3-5(6)15-20(16,17)9-14-13-8(12)19-9/h1-4,7,15H,(H2,12,13). The van der Waals surface area contributed by atoms with Gasteiger partial charge in [0.1, 0.15) is 5.75 Å². The lowest BCUT2D eigenvalue weighted by molar-refractivity contribution is -0.0493. The molecular formula is C9H8F2N4O3S2. The maximum atomic E-state index is 12.2. The summed E-state index contributed by atoms with van der Waals surface area (Å²) in [6.45, 7) is -3.07. The molecule has 0 radical (unpaired) electrons. The third kappa shape index (κ3) is 3.30. The third-order valence-corrected chi connectivity index (χ3v) is 4.48. The number of halogens is 2. The van der Waals surface area contributed by atoms with Crippen molar-refractivity contribution in [2.24, 2.45) is 0 Å². The Labute approximate surface area is 116 Å². The van der Waals surface area contributed by atoms with Crippen LogP contribution in [0.3, 0.4) is 0 Å². The minimum atomic E-state index is -4.06. The van der Waals surface area contributed by atoms with E-state index in [1.165, 1.54) is 24.3 Å². The molecule has 1 heterocycles. The summed E-state index contributed by atoms with van der Waals surface area (Å²) in [5.74, 6) is -0.302. The van der Waals surface area contributed by atoms with E-state index in [0.29, 0.717) is 11.3 Å². The number of nitrogen functional groups attached to an aromatic ring is 1. The van der Waals surface area contributed by atoms with Gasteiger partial charge in [-0.2, -0.15) is 17.2 Å². The molecule has 0 bridgehead atoms. The molecule has 3 N–H and O–H groups in total. The summed E-state index contributed by atoms with van der Waals surface area (Å²) in [5, 5.41) is 6.72. The van der Waals surface area contributed by atoms with Crippen LogP contribution in [0.5, 0.6) is 5.75 Å². The quantitative estimate of drug-likeness (QED) is 0.864. The minimum absolute atomic E-state index is 0.0255. The molecule has 1 aromatic heterocycles. The normalized spacial score (nSPS) is 11.6. The number of aromatic nitrogens is 2. The molecule has 20 heavy (non-hydrogen) atoms. The fourth-order valence-electron chi connectivity index (χ4n) is 1.27. The molecule has 0 saturated carbocycles. The van der Waals surface area contributed by atoms with Gasteiger partial charge < -0.3 is 10.5 Å². The van der Waals surface area contributed by atoms with Crippen LogP contribution in [0.4, 0.5) is 19.6 Å². The Bertz CT molecular complexity index is 705. The van der Waals surface area contributed by atoms with E-state index in [4.69, 9.17) is 5.73 Å². The number of sulfonamides is 1. The average molecular weight is 322 g/mol. The molecule has 0 atom stereocenters. The van der Waals surface area contributed by atoms with Crippen LogP contribution in [-0.2, 0) is 10.0 Å². The summed E-state index contributed by atoms with van der Waals surface area (Å²) in [4.78, 5) is 0. The lowest BCUT2D eigenvalue weighted by atomic mass is 10.3. The molecule has 0 amide bonds. The van der Waals surface area contributed by atoms with Crippen LogP contribution in [0.1, 0.15) is 0 Å². The van der Waals surface area contributed by atoms with Gasteiger partial charge in [0.15, 0.2) is 0 Å². The minimum Gasteiger partial charge on any atom is -0.433 e. The topological polar surface area (TPSA) is 107 Å². The van der Waals surface area contributed by atoms with Gasteiger partial charge in [0.25, 0.3) is 14.4 Å². The van der Waals surface area contributed by atoms with Gasteiger partial charge in [-0.25, -0.2) is 0 Å². The summed E-state index contributed by atoms with van der Waals surface area (Å²) in [6, 6.07) is 5.38. The van der Waals surface area contributed by atoms with Gasteiger partial charge in [0.05, 0.1) is 5.69 Å². The van der Waals surface area contributed by atoms with Crippen LogP contribution in [-0.4, -0.2) is 25.2 Å². The molecule has 108 valence electrons. The van der Waals surface area contributed by atoms with Crippen molar-refractivity contribution in [2.45, 2.75) is 11.0 Å². The monoisotopic (exact) mass is 322 g/mol. The second-order valence-corrected chi connectivity index (χ2v) is 6.25. The van der Waals surface area contributed by atoms with E-state index >= 15 is 0 Å². The largest absolute Gasteiger partial charge is 0.433 e. The first-order valence-electron chi connectivity index (χ1n) is 5.04. The van der Waals surface area contributed by atoms with Crippen molar-refractivity contribution in [3.05, 3.63) is 24.3 Å². The van der Waals surface area contributed by atoms with Gasteiger partial charge in [0, 0.05) is 0 Å². The van der Waals surface area contributed by atoms with Crippen molar-refractivity contribution >= 4 is 32.2 Å².